The van der Waals surface area contributed by atoms with Gasteiger partial charge in [0.1, 0.15) is 6.10 Å². The smallest absolute Gasteiger partial charge is 0.357 e. The topological polar surface area (TPSA) is 52.6 Å². The third-order valence-electron chi connectivity index (χ3n) is 4.00. The van der Waals surface area contributed by atoms with E-state index in [2.05, 4.69) is 26.0 Å². The van der Waals surface area contributed by atoms with Gasteiger partial charge in [-0.15, -0.1) is 0 Å². The third kappa shape index (κ3) is 6.97. The van der Waals surface area contributed by atoms with Gasteiger partial charge < -0.3 is 9.47 Å². The Morgan fingerprint density at radius 2 is 1.81 bits per heavy atom. The van der Waals surface area contributed by atoms with Crippen molar-refractivity contribution in [1.82, 2.24) is 0 Å². The lowest BCUT2D eigenvalue weighted by molar-refractivity contribution is -0.597. The Kier molecular flexibility index (Phi) is 9.31. The Bertz CT molecular complexity index is 745. The lowest BCUT2D eigenvalue weighted by Crippen LogP contribution is -3.61. The molecule has 2 aromatic rings. The highest BCUT2D eigenvalue weighted by molar-refractivity contribution is 5.89. The Hall–Kier alpha value is -1.89. The third-order valence-corrected chi connectivity index (χ3v) is 6.59. The van der Waals surface area contributed by atoms with Crippen LogP contribution in [0, 0.1) is 7.14 Å². The lowest BCUT2D eigenvalue weighted by Gasteiger charge is -2.13. The van der Waals surface area contributed by atoms with Crippen LogP contribution in [0.4, 0.5) is 0 Å². The standard InChI is InChI=1S/C22H26IO4/c1-3-5-13-26-22(25)18-10-7-12-20(15-18)23-19-11-6-9-17(14-19)21(8-4-2)27-16-24/h6-7,9-12,14-16,21H,3-5,8,13H2,1-2H3/q+1. The molecule has 0 spiro atoms. The zero-order valence-electron chi connectivity index (χ0n) is 15.8. The van der Waals surface area contributed by atoms with E-state index in [1.807, 2.05) is 30.3 Å². The SMILES string of the molecule is CCCCOC(=O)c1cccc([I+]c2cccc(C(CCC)OC=O)c2)c1. The maximum absolute atomic E-state index is 12.2. The number of unbranched alkanes of at least 4 members (excludes halogenated alkanes) is 1. The average molecular weight is 481 g/mol. The maximum Gasteiger partial charge on any atom is 0.357 e. The molecule has 2 aromatic carbocycles. The molecule has 4 nitrogen and oxygen atoms in total. The Labute approximate surface area is 171 Å². The van der Waals surface area contributed by atoms with Crippen LogP contribution in [0.5, 0.6) is 0 Å². The van der Waals surface area contributed by atoms with E-state index >= 15 is 0 Å². The van der Waals surface area contributed by atoms with Crippen LogP contribution in [-0.2, 0) is 14.3 Å². The summed E-state index contributed by atoms with van der Waals surface area (Å²) in [6.07, 6.45) is 3.44. The van der Waals surface area contributed by atoms with Crippen LogP contribution in [0.15, 0.2) is 48.5 Å². The van der Waals surface area contributed by atoms with Crippen LogP contribution in [0.25, 0.3) is 0 Å². The van der Waals surface area contributed by atoms with Gasteiger partial charge >= 0.3 is 27.2 Å². The van der Waals surface area contributed by atoms with Crippen molar-refractivity contribution in [1.29, 1.82) is 0 Å². The van der Waals surface area contributed by atoms with Crippen LogP contribution >= 0.6 is 0 Å². The van der Waals surface area contributed by atoms with Gasteiger partial charge in [0.05, 0.1) is 12.2 Å². The van der Waals surface area contributed by atoms with Gasteiger partial charge in [0.25, 0.3) is 6.47 Å². The van der Waals surface area contributed by atoms with Crippen molar-refractivity contribution in [2.75, 3.05) is 6.61 Å². The molecule has 0 heterocycles. The molecule has 0 fully saturated rings. The molecule has 0 radical (unpaired) electrons. The van der Waals surface area contributed by atoms with Crippen molar-refractivity contribution in [3.05, 3.63) is 66.8 Å². The number of esters is 1. The van der Waals surface area contributed by atoms with Crippen LogP contribution in [-0.4, -0.2) is 19.0 Å². The Morgan fingerprint density at radius 1 is 1.07 bits per heavy atom. The van der Waals surface area contributed by atoms with Gasteiger partial charge in [0, 0.05) is 6.07 Å². The van der Waals surface area contributed by atoms with Crippen LogP contribution in [0.3, 0.4) is 0 Å². The van der Waals surface area contributed by atoms with E-state index in [1.165, 1.54) is 3.57 Å². The summed E-state index contributed by atoms with van der Waals surface area (Å²) in [6, 6.07) is 15.9. The van der Waals surface area contributed by atoms with Gasteiger partial charge in [0.15, 0.2) is 7.14 Å². The summed E-state index contributed by atoms with van der Waals surface area (Å²) >= 11 is -0.444. The van der Waals surface area contributed by atoms with E-state index in [1.54, 1.807) is 6.07 Å². The number of rotatable bonds is 11. The summed E-state index contributed by atoms with van der Waals surface area (Å²) in [5.41, 5.74) is 1.63. The van der Waals surface area contributed by atoms with Gasteiger partial charge in [-0.3, -0.25) is 4.79 Å². The molecular formula is C22H26IO4+. The first-order chi connectivity index (χ1) is 13.2. The van der Waals surface area contributed by atoms with E-state index in [9.17, 15) is 9.59 Å². The van der Waals surface area contributed by atoms with Gasteiger partial charge in [-0.2, -0.15) is 0 Å². The molecule has 1 atom stereocenters. The zero-order chi connectivity index (χ0) is 19.5. The van der Waals surface area contributed by atoms with E-state index in [0.29, 0.717) is 18.6 Å². The number of ether oxygens (including phenoxy) is 2. The molecule has 0 aliphatic heterocycles. The fraction of sp³-hybridized carbons (Fsp3) is 0.364. The minimum atomic E-state index is -0.444. The minimum absolute atomic E-state index is 0.198. The summed E-state index contributed by atoms with van der Waals surface area (Å²) in [5.74, 6) is -0.259. The van der Waals surface area contributed by atoms with E-state index < -0.39 is 21.2 Å². The first kappa shape index (κ1) is 21.4. The first-order valence-electron chi connectivity index (χ1n) is 9.29. The second-order valence-corrected chi connectivity index (χ2v) is 9.19. The Balaban J connectivity index is 2.10. The van der Waals surface area contributed by atoms with Crippen molar-refractivity contribution in [3.63, 3.8) is 0 Å². The molecule has 0 aliphatic rings. The average Bonchev–Trinajstić information content (AvgIpc) is 2.68. The van der Waals surface area contributed by atoms with E-state index in [0.717, 1.165) is 34.8 Å². The minimum Gasteiger partial charge on any atom is -0.462 e. The molecule has 0 bridgehead atoms. The van der Waals surface area contributed by atoms with Crippen LogP contribution in [0.1, 0.15) is 61.6 Å². The zero-order valence-corrected chi connectivity index (χ0v) is 18.0. The highest BCUT2D eigenvalue weighted by Gasteiger charge is 2.20. The first-order valence-corrected chi connectivity index (χ1v) is 11.4. The van der Waals surface area contributed by atoms with Crippen molar-refractivity contribution in [2.24, 2.45) is 0 Å². The molecule has 0 amide bonds. The van der Waals surface area contributed by atoms with Gasteiger partial charge in [0.2, 0.25) is 0 Å². The number of hydrogen-bond donors (Lipinski definition) is 0. The number of carbonyl (C=O) groups excluding carboxylic acids is 2. The number of hydrogen-bond acceptors (Lipinski definition) is 4. The summed E-state index contributed by atoms with van der Waals surface area (Å²) in [7, 11) is 0. The predicted octanol–water partition coefficient (Wildman–Crippen LogP) is 1.79. The normalized spacial score (nSPS) is 11.6. The molecule has 0 aliphatic carbocycles. The van der Waals surface area contributed by atoms with Crippen LogP contribution in [0.2, 0.25) is 0 Å². The summed E-state index contributed by atoms with van der Waals surface area (Å²) in [6.45, 7) is 5.13. The second-order valence-electron chi connectivity index (χ2n) is 6.16. The molecule has 0 saturated heterocycles. The second kappa shape index (κ2) is 11.7. The van der Waals surface area contributed by atoms with Crippen molar-refractivity contribution in [2.45, 2.75) is 45.6 Å². The fourth-order valence-electron chi connectivity index (χ4n) is 2.60. The quantitative estimate of drug-likeness (QED) is 0.213. The highest BCUT2D eigenvalue weighted by atomic mass is 127. The summed E-state index contributed by atoms with van der Waals surface area (Å²) in [4.78, 5) is 22.9. The van der Waals surface area contributed by atoms with Gasteiger partial charge in [-0.05, 0) is 42.7 Å². The summed E-state index contributed by atoms with van der Waals surface area (Å²) < 4.78 is 12.9. The van der Waals surface area contributed by atoms with Crippen molar-refractivity contribution >= 4 is 12.4 Å². The van der Waals surface area contributed by atoms with Gasteiger partial charge in [-0.25, -0.2) is 4.79 Å². The van der Waals surface area contributed by atoms with Crippen LogP contribution < -0.4 is 21.2 Å². The monoisotopic (exact) mass is 481 g/mol. The Morgan fingerprint density at radius 3 is 2.52 bits per heavy atom. The molecule has 2 rings (SSSR count). The van der Waals surface area contributed by atoms with Crippen molar-refractivity contribution in [3.8, 4) is 0 Å². The lowest BCUT2D eigenvalue weighted by atomic mass is 10.1. The summed E-state index contributed by atoms with van der Waals surface area (Å²) in [5, 5.41) is 0. The number of halogens is 1. The molecular weight excluding hydrogens is 455 g/mol. The molecule has 1 unspecified atom stereocenters. The molecule has 0 N–H and O–H groups in total. The van der Waals surface area contributed by atoms with E-state index in [-0.39, 0.29) is 12.1 Å². The number of benzene rings is 2. The van der Waals surface area contributed by atoms with Gasteiger partial charge in [-0.1, -0.05) is 44.9 Å². The number of carbonyl (C=O) groups is 2. The molecule has 0 aromatic heterocycles. The van der Waals surface area contributed by atoms with Crippen molar-refractivity contribution < 1.29 is 40.3 Å². The largest absolute Gasteiger partial charge is 0.462 e. The highest BCUT2D eigenvalue weighted by Crippen LogP contribution is 2.21. The van der Waals surface area contributed by atoms with E-state index in [4.69, 9.17) is 9.47 Å². The molecule has 144 valence electrons. The predicted molar refractivity (Wildman–Crippen MR) is 100 cm³/mol. The molecule has 0 saturated carbocycles. The maximum atomic E-state index is 12.2. The fourth-order valence-corrected chi connectivity index (χ4v) is 5.10. The molecule has 27 heavy (non-hydrogen) atoms. The molecule has 5 heteroatoms.